The first-order chi connectivity index (χ1) is 16.2. The van der Waals surface area contributed by atoms with E-state index in [1.807, 2.05) is 0 Å². The van der Waals surface area contributed by atoms with Gasteiger partial charge in [0.15, 0.2) is 12.1 Å². The van der Waals surface area contributed by atoms with Crippen LogP contribution in [0.1, 0.15) is 79.1 Å². The van der Waals surface area contributed by atoms with Gasteiger partial charge in [0, 0.05) is 24.9 Å². The van der Waals surface area contributed by atoms with Gasteiger partial charge in [-0.2, -0.15) is 0 Å². The summed E-state index contributed by atoms with van der Waals surface area (Å²) in [5.74, 6) is 3.64. The summed E-state index contributed by atoms with van der Waals surface area (Å²) in [6.45, 7) is 10.8. The zero-order valence-electron chi connectivity index (χ0n) is 21.8. The van der Waals surface area contributed by atoms with E-state index in [2.05, 4.69) is 45.7 Å². The Morgan fingerprint density at radius 3 is 2.74 bits per heavy atom. The summed E-state index contributed by atoms with van der Waals surface area (Å²) in [4.78, 5) is 26.7. The van der Waals surface area contributed by atoms with Crippen molar-refractivity contribution in [2.24, 2.45) is 40.9 Å². The largest absolute Gasteiger partial charge is 0.369 e. The summed E-state index contributed by atoms with van der Waals surface area (Å²) in [6.07, 6.45) is 12.1. The van der Waals surface area contributed by atoms with Crippen LogP contribution in [0.5, 0.6) is 0 Å². The number of allylic oxidation sites excluding steroid dienone is 3. The molecule has 0 amide bonds. The predicted molar refractivity (Wildman–Crippen MR) is 133 cm³/mol. The number of carbonyl (C=O) groups excluding carboxylic acids is 2. The number of hydrogen-bond donors (Lipinski definition) is 0. The highest BCUT2D eigenvalue weighted by atomic mass is 16.5. The Balaban J connectivity index is 1.31. The van der Waals surface area contributed by atoms with E-state index in [9.17, 15) is 9.59 Å². The molecule has 10 atom stereocenters. The van der Waals surface area contributed by atoms with Crippen LogP contribution in [0.15, 0.2) is 22.8 Å². The average molecular weight is 466 g/mol. The first-order valence-electron chi connectivity index (χ1n) is 13.9. The summed E-state index contributed by atoms with van der Waals surface area (Å²) in [7, 11) is 2.31. The molecule has 2 saturated heterocycles. The lowest BCUT2D eigenvalue weighted by molar-refractivity contribution is -0.121. The third kappa shape index (κ3) is 3.16. The summed E-state index contributed by atoms with van der Waals surface area (Å²) >= 11 is 0. The second kappa shape index (κ2) is 7.87. The van der Waals surface area contributed by atoms with Gasteiger partial charge in [0.1, 0.15) is 0 Å². The standard InChI is InChI=1S/C30H43NO3/c1-17-10-27-28(31(5)15-17)19(3)30(34-27)9-8-22-23-7-6-21-11-26(33)20(16-32)14-29(21,4)25(23)12-24(22)18(2)13-30/h14,16-17,19,21-23,25,27-28H,6-13,15H2,1-5H3/t17-,19?,21?,22?,23?,25?,27?,28?,29?,30?/m0/s1. The number of rotatable bonds is 1. The number of likely N-dealkylation sites (tertiary alicyclic amines) is 1. The highest BCUT2D eigenvalue weighted by Gasteiger charge is 2.59. The fraction of sp³-hybridized carbons (Fsp3) is 0.800. The van der Waals surface area contributed by atoms with Crippen LogP contribution in [0.3, 0.4) is 0 Å². The SMILES string of the molecule is CC1=C2CC3C(CCC4CC(=O)C(C=O)=CC43C)C2CCC2(C1)OC1C[C@H](C)CN(C)C1C2C. The van der Waals surface area contributed by atoms with E-state index in [1.54, 1.807) is 11.1 Å². The molecule has 0 radical (unpaired) electrons. The van der Waals surface area contributed by atoms with Crippen LogP contribution in [0.4, 0.5) is 0 Å². The Bertz CT molecular complexity index is 966. The van der Waals surface area contributed by atoms with Gasteiger partial charge in [-0.3, -0.25) is 9.59 Å². The fourth-order valence-electron chi connectivity index (χ4n) is 10.0. The molecule has 2 heterocycles. The number of Topliss-reactive ketones (excluding diaryl/α,β-unsaturated/α-hetero) is 1. The first kappa shape index (κ1) is 23.2. The minimum absolute atomic E-state index is 0.00642. The van der Waals surface area contributed by atoms with Gasteiger partial charge < -0.3 is 9.64 Å². The highest BCUT2D eigenvalue weighted by molar-refractivity contribution is 6.12. The molecule has 0 bridgehead atoms. The van der Waals surface area contributed by atoms with Crippen molar-refractivity contribution < 1.29 is 14.3 Å². The van der Waals surface area contributed by atoms with Crippen molar-refractivity contribution in [3.8, 4) is 0 Å². The smallest absolute Gasteiger partial charge is 0.166 e. The van der Waals surface area contributed by atoms with E-state index >= 15 is 0 Å². The molecular formula is C30H43NO3. The maximum absolute atomic E-state index is 12.5. The van der Waals surface area contributed by atoms with Crippen molar-refractivity contribution in [1.82, 2.24) is 4.90 Å². The van der Waals surface area contributed by atoms with Gasteiger partial charge in [-0.05, 0) is 93.9 Å². The van der Waals surface area contributed by atoms with E-state index in [4.69, 9.17) is 4.74 Å². The van der Waals surface area contributed by atoms with Gasteiger partial charge in [-0.1, -0.05) is 38.0 Å². The summed E-state index contributed by atoms with van der Waals surface area (Å²) in [5, 5.41) is 0. The molecule has 1 spiro atoms. The minimum atomic E-state index is -0.0187. The molecule has 6 aliphatic rings. The number of ketones is 1. The van der Waals surface area contributed by atoms with E-state index in [0.717, 1.165) is 25.5 Å². The molecule has 0 N–H and O–H groups in total. The normalized spacial score (nSPS) is 50.9. The predicted octanol–water partition coefficient (Wildman–Crippen LogP) is 5.37. The molecule has 186 valence electrons. The van der Waals surface area contributed by atoms with Crippen LogP contribution in [0.25, 0.3) is 0 Å². The van der Waals surface area contributed by atoms with Crippen LogP contribution >= 0.6 is 0 Å². The van der Waals surface area contributed by atoms with Crippen molar-refractivity contribution in [3.05, 3.63) is 22.8 Å². The van der Waals surface area contributed by atoms with Gasteiger partial charge in [0.2, 0.25) is 0 Å². The number of ether oxygens (including phenoxy) is 1. The van der Waals surface area contributed by atoms with Crippen molar-refractivity contribution in [2.45, 2.75) is 96.8 Å². The second-order valence-electron chi connectivity index (χ2n) is 13.4. The maximum Gasteiger partial charge on any atom is 0.166 e. The molecule has 0 aromatic carbocycles. The van der Waals surface area contributed by atoms with Crippen LogP contribution in [-0.2, 0) is 14.3 Å². The molecule has 4 aliphatic carbocycles. The molecule has 4 fully saturated rings. The van der Waals surface area contributed by atoms with Crippen molar-refractivity contribution in [1.29, 1.82) is 0 Å². The summed E-state index contributed by atoms with van der Waals surface area (Å²) in [6, 6.07) is 0.556. The molecule has 2 saturated carbocycles. The van der Waals surface area contributed by atoms with E-state index in [-0.39, 0.29) is 16.8 Å². The minimum Gasteiger partial charge on any atom is -0.369 e. The number of aldehydes is 1. The molecule has 34 heavy (non-hydrogen) atoms. The number of piperidine rings is 1. The molecule has 4 nitrogen and oxygen atoms in total. The molecule has 0 aromatic rings. The molecule has 9 unspecified atom stereocenters. The molecule has 0 aromatic heterocycles. The number of carbonyl (C=O) groups is 2. The van der Waals surface area contributed by atoms with Gasteiger partial charge in [0.05, 0.1) is 17.3 Å². The lowest BCUT2D eigenvalue weighted by Gasteiger charge is -2.50. The Hall–Kier alpha value is -1.26. The third-order valence-electron chi connectivity index (χ3n) is 11.6. The van der Waals surface area contributed by atoms with Crippen LogP contribution in [0.2, 0.25) is 0 Å². The van der Waals surface area contributed by atoms with E-state index < -0.39 is 0 Å². The zero-order valence-corrected chi connectivity index (χ0v) is 21.8. The van der Waals surface area contributed by atoms with Crippen LogP contribution < -0.4 is 0 Å². The van der Waals surface area contributed by atoms with Gasteiger partial charge in [0.25, 0.3) is 0 Å². The lowest BCUT2D eigenvalue weighted by Crippen LogP contribution is -2.49. The van der Waals surface area contributed by atoms with Crippen molar-refractivity contribution in [3.63, 3.8) is 0 Å². The highest BCUT2D eigenvalue weighted by Crippen LogP contribution is 2.64. The average Bonchev–Trinajstić information content (AvgIpc) is 3.24. The van der Waals surface area contributed by atoms with Crippen LogP contribution in [0, 0.1) is 40.9 Å². The number of fused-ring (bicyclic) bond motifs is 6. The first-order valence-corrected chi connectivity index (χ1v) is 13.9. The Kier molecular flexibility index (Phi) is 5.36. The lowest BCUT2D eigenvalue weighted by atomic mass is 9.53. The topological polar surface area (TPSA) is 46.6 Å². The molecule has 2 aliphatic heterocycles. The number of hydrogen-bond acceptors (Lipinski definition) is 4. The van der Waals surface area contributed by atoms with Gasteiger partial charge in [-0.25, -0.2) is 0 Å². The van der Waals surface area contributed by atoms with Gasteiger partial charge in [-0.15, -0.1) is 0 Å². The van der Waals surface area contributed by atoms with Crippen LogP contribution in [-0.4, -0.2) is 48.3 Å². The van der Waals surface area contributed by atoms with Crippen molar-refractivity contribution >= 4 is 12.1 Å². The Morgan fingerprint density at radius 2 is 1.97 bits per heavy atom. The summed E-state index contributed by atoms with van der Waals surface area (Å²) in [5.41, 5.74) is 3.71. The maximum atomic E-state index is 12.5. The van der Waals surface area contributed by atoms with Crippen molar-refractivity contribution in [2.75, 3.05) is 13.6 Å². The monoisotopic (exact) mass is 465 g/mol. The summed E-state index contributed by atoms with van der Waals surface area (Å²) < 4.78 is 7.08. The molecule has 4 heteroatoms. The second-order valence-corrected chi connectivity index (χ2v) is 13.4. The van der Waals surface area contributed by atoms with E-state index in [1.165, 1.54) is 32.2 Å². The molecule has 6 rings (SSSR count). The molecular weight excluding hydrogens is 422 g/mol. The van der Waals surface area contributed by atoms with Gasteiger partial charge >= 0.3 is 0 Å². The van der Waals surface area contributed by atoms with E-state index in [0.29, 0.717) is 59.6 Å². The number of likely N-dealkylation sites (N-methyl/N-ethyl adjacent to an activating group) is 1. The Labute approximate surface area is 205 Å². The fourth-order valence-corrected chi connectivity index (χ4v) is 10.0. The quantitative estimate of drug-likeness (QED) is 0.297. The third-order valence-corrected chi connectivity index (χ3v) is 11.6. The number of nitrogens with zero attached hydrogens (tertiary/aromatic N) is 1. The Morgan fingerprint density at radius 1 is 1.18 bits per heavy atom. The zero-order chi connectivity index (χ0) is 24.0.